The van der Waals surface area contributed by atoms with E-state index < -0.39 is 6.04 Å². The quantitative estimate of drug-likeness (QED) is 0.627. The molecule has 166 valence electrons. The van der Waals surface area contributed by atoms with Crippen LogP contribution in [-0.4, -0.2) is 47.9 Å². The zero-order chi connectivity index (χ0) is 21.7. The van der Waals surface area contributed by atoms with Crippen molar-refractivity contribution in [3.05, 3.63) is 34.9 Å². The number of hydrogen-bond acceptors (Lipinski definition) is 3. The Hall–Kier alpha value is -1.20. The lowest BCUT2D eigenvalue weighted by Gasteiger charge is -2.45. The van der Waals surface area contributed by atoms with Crippen LogP contribution in [0.5, 0.6) is 0 Å². The van der Waals surface area contributed by atoms with Gasteiger partial charge in [-0.15, -0.1) is 0 Å². The summed E-state index contributed by atoms with van der Waals surface area (Å²) in [4.78, 5) is 28.1. The number of thioether (sulfide) groups is 1. The molecule has 1 heterocycles. The van der Waals surface area contributed by atoms with Crippen molar-refractivity contribution in [3.8, 4) is 0 Å². The number of nitrogens with zero attached hydrogens (tertiary/aromatic N) is 1. The van der Waals surface area contributed by atoms with Gasteiger partial charge in [-0.3, -0.25) is 9.59 Å². The molecule has 1 aliphatic heterocycles. The fourth-order valence-electron chi connectivity index (χ4n) is 5.05. The molecule has 1 N–H and O–H groups in total. The number of amides is 2. The second kappa shape index (κ2) is 10.4. The number of rotatable bonds is 7. The third kappa shape index (κ3) is 5.73. The van der Waals surface area contributed by atoms with Gasteiger partial charge in [0.25, 0.3) is 0 Å². The van der Waals surface area contributed by atoms with Gasteiger partial charge < -0.3 is 10.2 Å². The first kappa shape index (κ1) is 23.5. The predicted molar refractivity (Wildman–Crippen MR) is 126 cm³/mol. The molecular weight excluding hydrogens is 416 g/mol. The van der Waals surface area contributed by atoms with Crippen LogP contribution >= 0.6 is 23.4 Å². The van der Waals surface area contributed by atoms with E-state index in [1.807, 2.05) is 23.3 Å². The Morgan fingerprint density at radius 3 is 2.47 bits per heavy atom. The summed E-state index contributed by atoms with van der Waals surface area (Å²) in [6, 6.07) is 7.70. The molecule has 2 fully saturated rings. The van der Waals surface area contributed by atoms with Crippen LogP contribution in [-0.2, 0) is 9.59 Å². The van der Waals surface area contributed by atoms with E-state index in [1.54, 1.807) is 11.8 Å². The molecule has 1 aromatic carbocycles. The smallest absolute Gasteiger partial charge is 0.245 e. The number of likely N-dealkylation sites (tertiary alicyclic amines) is 1. The van der Waals surface area contributed by atoms with Crippen LogP contribution in [0.3, 0.4) is 0 Å². The molecule has 2 amide bonds. The number of benzene rings is 1. The van der Waals surface area contributed by atoms with Gasteiger partial charge in [0.1, 0.15) is 6.04 Å². The average Bonchev–Trinajstić information content (AvgIpc) is 3.25. The summed E-state index contributed by atoms with van der Waals surface area (Å²) in [5.74, 6) is 1.49. The van der Waals surface area contributed by atoms with Crippen molar-refractivity contribution in [3.63, 3.8) is 0 Å². The highest BCUT2D eigenvalue weighted by molar-refractivity contribution is 7.98. The zero-order valence-corrected chi connectivity index (χ0v) is 20.0. The number of carbonyl (C=O) groups excluding carboxylic acids is 2. The van der Waals surface area contributed by atoms with Gasteiger partial charge in [0, 0.05) is 24.0 Å². The molecule has 6 heteroatoms. The fourth-order valence-corrected chi connectivity index (χ4v) is 5.65. The number of halogens is 1. The number of piperidine rings is 1. The van der Waals surface area contributed by atoms with Crippen LogP contribution in [0.1, 0.15) is 63.9 Å². The molecule has 0 aromatic heterocycles. The Morgan fingerprint density at radius 1 is 1.20 bits per heavy atom. The summed E-state index contributed by atoms with van der Waals surface area (Å²) in [6.45, 7) is 5.90. The summed E-state index contributed by atoms with van der Waals surface area (Å²) >= 11 is 7.78. The van der Waals surface area contributed by atoms with Gasteiger partial charge in [0.15, 0.2) is 0 Å². The normalized spacial score (nSPS) is 22.7. The van der Waals surface area contributed by atoms with E-state index in [0.29, 0.717) is 18.9 Å². The van der Waals surface area contributed by atoms with E-state index >= 15 is 0 Å². The Balaban J connectivity index is 1.67. The van der Waals surface area contributed by atoms with E-state index in [-0.39, 0.29) is 23.1 Å². The second-order valence-corrected chi connectivity index (χ2v) is 10.9. The molecule has 1 saturated heterocycles. The molecule has 1 aromatic rings. The van der Waals surface area contributed by atoms with Crippen LogP contribution in [0.4, 0.5) is 0 Å². The van der Waals surface area contributed by atoms with Crippen molar-refractivity contribution >= 4 is 35.2 Å². The van der Waals surface area contributed by atoms with Gasteiger partial charge in [-0.2, -0.15) is 11.8 Å². The highest BCUT2D eigenvalue weighted by atomic mass is 35.5. The highest BCUT2D eigenvalue weighted by Crippen LogP contribution is 2.42. The van der Waals surface area contributed by atoms with Crippen molar-refractivity contribution in [1.82, 2.24) is 10.2 Å². The molecule has 1 saturated carbocycles. The Morgan fingerprint density at radius 2 is 1.87 bits per heavy atom. The lowest BCUT2D eigenvalue weighted by molar-refractivity contribution is -0.140. The van der Waals surface area contributed by atoms with Crippen molar-refractivity contribution < 1.29 is 9.59 Å². The summed E-state index contributed by atoms with van der Waals surface area (Å²) in [7, 11) is 0. The van der Waals surface area contributed by atoms with Gasteiger partial charge in [-0.1, -0.05) is 50.4 Å². The third-order valence-electron chi connectivity index (χ3n) is 6.76. The molecular formula is C24H35ClN2O2S. The highest BCUT2D eigenvalue weighted by Gasteiger charge is 2.40. The minimum Gasteiger partial charge on any atom is -0.344 e. The van der Waals surface area contributed by atoms with Crippen molar-refractivity contribution in [1.29, 1.82) is 0 Å². The lowest BCUT2D eigenvalue weighted by Crippen LogP contribution is -2.55. The molecule has 2 aliphatic rings. The topological polar surface area (TPSA) is 49.4 Å². The standard InChI is InChI=1S/C24H35ClN2O2S/c1-24(2)16-27(14-12-20(24)17-8-10-19(25)11-9-17)23(29)21(13-15-30-3)26-22(28)18-6-4-5-7-18/h8-11,18,20-21H,4-7,12-16H2,1-3H3,(H,26,28)/t20?,21-/m1/s1. The van der Waals surface area contributed by atoms with E-state index in [2.05, 4.69) is 31.3 Å². The largest absolute Gasteiger partial charge is 0.344 e. The van der Waals surface area contributed by atoms with Gasteiger partial charge in [0.05, 0.1) is 0 Å². The van der Waals surface area contributed by atoms with Gasteiger partial charge >= 0.3 is 0 Å². The maximum atomic E-state index is 13.4. The molecule has 1 aliphatic carbocycles. The first-order valence-corrected chi connectivity index (χ1v) is 12.9. The van der Waals surface area contributed by atoms with E-state index in [9.17, 15) is 9.59 Å². The number of carbonyl (C=O) groups is 2. The van der Waals surface area contributed by atoms with Crippen LogP contribution in [0.15, 0.2) is 24.3 Å². The molecule has 30 heavy (non-hydrogen) atoms. The van der Waals surface area contributed by atoms with Crippen molar-refractivity contribution in [2.24, 2.45) is 11.3 Å². The SMILES string of the molecule is CSCC[C@@H](NC(=O)C1CCCC1)C(=O)N1CCC(c2ccc(Cl)cc2)C(C)(C)C1. The third-order valence-corrected chi connectivity index (χ3v) is 7.66. The van der Waals surface area contributed by atoms with E-state index in [1.165, 1.54) is 5.56 Å². The van der Waals surface area contributed by atoms with Gasteiger partial charge in [-0.25, -0.2) is 0 Å². The van der Waals surface area contributed by atoms with E-state index in [4.69, 9.17) is 11.6 Å². The molecule has 4 nitrogen and oxygen atoms in total. The maximum absolute atomic E-state index is 13.4. The summed E-state index contributed by atoms with van der Waals surface area (Å²) in [6.07, 6.45) is 7.80. The van der Waals surface area contributed by atoms with Crippen LogP contribution in [0, 0.1) is 11.3 Å². The predicted octanol–water partition coefficient (Wildman–Crippen LogP) is 5.11. The van der Waals surface area contributed by atoms with Crippen molar-refractivity contribution in [2.45, 2.75) is 64.3 Å². The Kier molecular flexibility index (Phi) is 8.14. The second-order valence-electron chi connectivity index (χ2n) is 9.47. The molecule has 2 atom stereocenters. The molecule has 0 radical (unpaired) electrons. The van der Waals surface area contributed by atoms with Gasteiger partial charge in [0.2, 0.25) is 11.8 Å². The lowest BCUT2D eigenvalue weighted by atomic mass is 9.70. The number of hydrogen-bond donors (Lipinski definition) is 1. The fraction of sp³-hybridized carbons (Fsp3) is 0.667. The Labute approximate surface area is 190 Å². The van der Waals surface area contributed by atoms with E-state index in [0.717, 1.165) is 49.4 Å². The maximum Gasteiger partial charge on any atom is 0.245 e. The Bertz CT molecular complexity index is 731. The summed E-state index contributed by atoms with van der Waals surface area (Å²) in [5.41, 5.74) is 1.24. The molecule has 0 bridgehead atoms. The van der Waals surface area contributed by atoms with Crippen LogP contribution in [0.2, 0.25) is 5.02 Å². The molecule has 3 rings (SSSR count). The minimum atomic E-state index is -0.409. The first-order chi connectivity index (χ1) is 14.3. The van der Waals surface area contributed by atoms with Crippen LogP contribution < -0.4 is 5.32 Å². The average molecular weight is 451 g/mol. The van der Waals surface area contributed by atoms with Crippen molar-refractivity contribution in [2.75, 3.05) is 25.1 Å². The molecule has 0 spiro atoms. The molecule has 1 unspecified atom stereocenters. The zero-order valence-electron chi connectivity index (χ0n) is 18.5. The monoisotopic (exact) mass is 450 g/mol. The van der Waals surface area contributed by atoms with Gasteiger partial charge in [-0.05, 0) is 66.7 Å². The van der Waals surface area contributed by atoms with Crippen LogP contribution in [0.25, 0.3) is 0 Å². The summed E-state index contributed by atoms with van der Waals surface area (Å²) in [5, 5.41) is 3.86. The first-order valence-electron chi connectivity index (χ1n) is 11.2. The minimum absolute atomic E-state index is 0.0404. The number of nitrogens with one attached hydrogen (secondary N) is 1. The summed E-state index contributed by atoms with van der Waals surface area (Å²) < 4.78 is 0.